The van der Waals surface area contributed by atoms with Crippen molar-refractivity contribution in [2.45, 2.75) is 11.8 Å². The van der Waals surface area contributed by atoms with Crippen LogP contribution in [0.4, 0.5) is 5.69 Å². The van der Waals surface area contributed by atoms with Crippen molar-refractivity contribution in [3.63, 3.8) is 0 Å². The van der Waals surface area contributed by atoms with Gasteiger partial charge in [-0.2, -0.15) is 0 Å². The molecule has 1 heterocycles. The molecule has 1 aromatic heterocycles. The number of amides is 1. The fraction of sp³-hybridized carbons (Fsp3) is 0.211. The van der Waals surface area contributed by atoms with Crippen molar-refractivity contribution in [1.82, 2.24) is 14.8 Å². The Balaban J connectivity index is 1.50. The van der Waals surface area contributed by atoms with Crippen LogP contribution in [0.25, 0.3) is 0 Å². The minimum Gasteiger partial charge on any atom is -0.497 e. The van der Waals surface area contributed by atoms with Gasteiger partial charge in [0.25, 0.3) is 0 Å². The maximum Gasteiger partial charge on any atom is 0.234 e. The van der Waals surface area contributed by atoms with Crippen LogP contribution in [0.2, 0.25) is 0 Å². The van der Waals surface area contributed by atoms with E-state index in [1.807, 2.05) is 41.9 Å². The predicted octanol–water partition coefficient (Wildman–Crippen LogP) is 3.13. The normalized spacial score (nSPS) is 10.4. The van der Waals surface area contributed by atoms with Gasteiger partial charge in [0, 0.05) is 12.7 Å². The summed E-state index contributed by atoms with van der Waals surface area (Å²) in [5.41, 5.74) is 0.719. The Kier molecular flexibility index (Phi) is 6.32. The van der Waals surface area contributed by atoms with E-state index in [1.165, 1.54) is 11.8 Å². The molecule has 0 saturated carbocycles. The second kappa shape index (κ2) is 9.09. The first-order chi connectivity index (χ1) is 13.2. The van der Waals surface area contributed by atoms with Crippen LogP contribution in [0.3, 0.4) is 0 Å². The van der Waals surface area contributed by atoms with Gasteiger partial charge in [-0.25, -0.2) is 0 Å². The Morgan fingerprint density at radius 1 is 1.07 bits per heavy atom. The minimum atomic E-state index is -0.116. The predicted molar refractivity (Wildman–Crippen MR) is 104 cm³/mol. The second-order valence-electron chi connectivity index (χ2n) is 5.62. The minimum absolute atomic E-state index is 0.116. The maximum absolute atomic E-state index is 12.1. The number of anilines is 1. The maximum atomic E-state index is 12.1. The number of aromatic nitrogens is 3. The number of benzene rings is 2. The van der Waals surface area contributed by atoms with Gasteiger partial charge in [-0.1, -0.05) is 30.0 Å². The van der Waals surface area contributed by atoms with Crippen LogP contribution in [0, 0.1) is 0 Å². The number of para-hydroxylation sites is 1. The van der Waals surface area contributed by atoms with Gasteiger partial charge in [0.05, 0.1) is 12.9 Å². The third-order valence-electron chi connectivity index (χ3n) is 3.74. The summed E-state index contributed by atoms with van der Waals surface area (Å²) in [5.74, 6) is 2.32. The van der Waals surface area contributed by atoms with Crippen LogP contribution in [-0.4, -0.2) is 33.5 Å². The fourth-order valence-corrected chi connectivity index (χ4v) is 2.99. The summed E-state index contributed by atoms with van der Waals surface area (Å²) in [6.45, 7) is 0.312. The zero-order valence-corrected chi connectivity index (χ0v) is 15.9. The SMILES string of the molecule is COc1ccc(NC(=O)CSc2nnc(COc3ccccc3)n2C)cc1. The van der Waals surface area contributed by atoms with Gasteiger partial charge in [-0.15, -0.1) is 10.2 Å². The van der Waals surface area contributed by atoms with E-state index in [0.717, 1.165) is 17.2 Å². The third-order valence-corrected chi connectivity index (χ3v) is 4.76. The third kappa shape index (κ3) is 5.24. The number of carbonyl (C=O) groups is 1. The van der Waals surface area contributed by atoms with E-state index >= 15 is 0 Å². The van der Waals surface area contributed by atoms with Crippen molar-refractivity contribution >= 4 is 23.4 Å². The van der Waals surface area contributed by atoms with Gasteiger partial charge >= 0.3 is 0 Å². The van der Waals surface area contributed by atoms with E-state index in [4.69, 9.17) is 9.47 Å². The van der Waals surface area contributed by atoms with Crippen molar-refractivity contribution in [3.8, 4) is 11.5 Å². The van der Waals surface area contributed by atoms with E-state index in [-0.39, 0.29) is 11.7 Å². The Labute approximate surface area is 161 Å². The average molecular weight is 384 g/mol. The lowest BCUT2D eigenvalue weighted by atomic mass is 10.3. The molecule has 3 rings (SSSR count). The van der Waals surface area contributed by atoms with Crippen molar-refractivity contribution in [3.05, 3.63) is 60.4 Å². The first-order valence-corrected chi connectivity index (χ1v) is 9.27. The molecule has 0 fully saturated rings. The molecule has 1 N–H and O–H groups in total. The second-order valence-corrected chi connectivity index (χ2v) is 6.57. The smallest absolute Gasteiger partial charge is 0.234 e. The Morgan fingerprint density at radius 3 is 2.52 bits per heavy atom. The molecule has 140 valence electrons. The first-order valence-electron chi connectivity index (χ1n) is 8.28. The Morgan fingerprint density at radius 2 is 1.81 bits per heavy atom. The molecular formula is C19H20N4O3S. The summed E-state index contributed by atoms with van der Waals surface area (Å²) >= 11 is 1.32. The van der Waals surface area contributed by atoms with Crippen LogP contribution in [0.5, 0.6) is 11.5 Å². The van der Waals surface area contributed by atoms with E-state index in [0.29, 0.717) is 17.6 Å². The topological polar surface area (TPSA) is 78.3 Å². The van der Waals surface area contributed by atoms with Crippen LogP contribution in [0.15, 0.2) is 59.8 Å². The largest absolute Gasteiger partial charge is 0.497 e. The fourth-order valence-electron chi connectivity index (χ4n) is 2.26. The molecule has 3 aromatic rings. The van der Waals surface area contributed by atoms with Crippen molar-refractivity contribution < 1.29 is 14.3 Å². The highest BCUT2D eigenvalue weighted by Gasteiger charge is 2.12. The summed E-state index contributed by atoms with van der Waals surface area (Å²) in [6.07, 6.45) is 0. The molecule has 8 heteroatoms. The molecule has 0 saturated heterocycles. The van der Waals surface area contributed by atoms with Crippen LogP contribution >= 0.6 is 11.8 Å². The van der Waals surface area contributed by atoms with Gasteiger partial charge in [-0.05, 0) is 36.4 Å². The lowest BCUT2D eigenvalue weighted by Crippen LogP contribution is -2.14. The molecule has 0 spiro atoms. The summed E-state index contributed by atoms with van der Waals surface area (Å²) in [6, 6.07) is 16.7. The van der Waals surface area contributed by atoms with Crippen molar-refractivity contribution in [2.75, 3.05) is 18.2 Å². The molecule has 0 aliphatic heterocycles. The summed E-state index contributed by atoms with van der Waals surface area (Å²) in [5, 5.41) is 11.8. The quantitative estimate of drug-likeness (QED) is 0.601. The molecule has 0 unspecified atom stereocenters. The number of methoxy groups -OCH3 is 1. The number of hydrogen-bond donors (Lipinski definition) is 1. The van der Waals surface area contributed by atoms with E-state index < -0.39 is 0 Å². The lowest BCUT2D eigenvalue weighted by molar-refractivity contribution is -0.113. The summed E-state index contributed by atoms with van der Waals surface area (Å²) in [4.78, 5) is 12.1. The number of nitrogens with one attached hydrogen (secondary N) is 1. The molecule has 27 heavy (non-hydrogen) atoms. The molecule has 0 bridgehead atoms. The average Bonchev–Trinajstić information content (AvgIpc) is 3.06. The van der Waals surface area contributed by atoms with Gasteiger partial charge < -0.3 is 19.4 Å². The zero-order valence-electron chi connectivity index (χ0n) is 15.1. The van der Waals surface area contributed by atoms with Crippen molar-refractivity contribution in [2.24, 2.45) is 7.05 Å². The van der Waals surface area contributed by atoms with Crippen LogP contribution in [-0.2, 0) is 18.4 Å². The van der Waals surface area contributed by atoms with Crippen LogP contribution in [0.1, 0.15) is 5.82 Å². The Hall–Kier alpha value is -3.00. The molecule has 2 aromatic carbocycles. The highest BCUT2D eigenvalue weighted by Crippen LogP contribution is 2.19. The highest BCUT2D eigenvalue weighted by atomic mass is 32.2. The molecule has 0 aliphatic carbocycles. The zero-order chi connectivity index (χ0) is 19.1. The number of hydrogen-bond acceptors (Lipinski definition) is 6. The lowest BCUT2D eigenvalue weighted by Gasteiger charge is -2.07. The number of nitrogens with zero attached hydrogens (tertiary/aromatic N) is 3. The standard InChI is InChI=1S/C19H20N4O3S/c1-23-17(12-26-16-6-4-3-5-7-16)21-22-19(23)27-13-18(24)20-14-8-10-15(25-2)11-9-14/h3-11H,12-13H2,1-2H3,(H,20,24). The van der Waals surface area contributed by atoms with Gasteiger partial charge in [0.15, 0.2) is 11.0 Å². The summed E-state index contributed by atoms with van der Waals surface area (Å²) in [7, 11) is 3.46. The van der Waals surface area contributed by atoms with E-state index in [1.54, 1.807) is 31.4 Å². The highest BCUT2D eigenvalue weighted by molar-refractivity contribution is 7.99. The van der Waals surface area contributed by atoms with Gasteiger partial charge in [-0.3, -0.25) is 4.79 Å². The van der Waals surface area contributed by atoms with Gasteiger partial charge in [0.1, 0.15) is 18.1 Å². The molecule has 0 atom stereocenters. The monoisotopic (exact) mass is 384 g/mol. The number of ether oxygens (including phenoxy) is 2. The molecule has 0 aliphatic rings. The molecule has 0 radical (unpaired) electrons. The van der Waals surface area contributed by atoms with E-state index in [2.05, 4.69) is 15.5 Å². The van der Waals surface area contributed by atoms with Crippen molar-refractivity contribution in [1.29, 1.82) is 0 Å². The molecule has 7 nitrogen and oxygen atoms in total. The molecular weight excluding hydrogens is 364 g/mol. The van der Waals surface area contributed by atoms with Crippen LogP contribution < -0.4 is 14.8 Å². The number of rotatable bonds is 8. The van der Waals surface area contributed by atoms with E-state index in [9.17, 15) is 4.79 Å². The Bertz CT molecular complexity index is 882. The summed E-state index contributed by atoms with van der Waals surface area (Å²) < 4.78 is 12.6. The molecule has 1 amide bonds. The number of thioether (sulfide) groups is 1. The number of carbonyl (C=O) groups excluding carboxylic acids is 1. The van der Waals surface area contributed by atoms with Gasteiger partial charge in [0.2, 0.25) is 5.91 Å². The first kappa shape index (κ1) is 18.8.